The zero-order chi connectivity index (χ0) is 10.8. The van der Waals surface area contributed by atoms with Crippen LogP contribution in [0.5, 0.6) is 0 Å². The number of hydrogen-bond acceptors (Lipinski definition) is 2. The monoisotopic (exact) mass is 201 g/mol. The molecule has 0 radical (unpaired) electrons. The number of nitrogens with zero attached hydrogens (tertiary/aromatic N) is 2. The fourth-order valence-electron chi connectivity index (χ4n) is 1.63. The van der Waals surface area contributed by atoms with Gasteiger partial charge in [-0.05, 0) is 24.1 Å². The van der Waals surface area contributed by atoms with Crippen LogP contribution in [0.3, 0.4) is 0 Å². The summed E-state index contributed by atoms with van der Waals surface area (Å²) in [6.45, 7) is 2.05. The van der Waals surface area contributed by atoms with Gasteiger partial charge in [0, 0.05) is 31.5 Å². The second kappa shape index (κ2) is 3.77. The molecule has 2 aromatic rings. The summed E-state index contributed by atoms with van der Waals surface area (Å²) < 4.78 is 2.03. The lowest BCUT2D eigenvalue weighted by Crippen LogP contribution is -2.01. The topological polar surface area (TPSA) is 43.8 Å². The summed E-state index contributed by atoms with van der Waals surface area (Å²) in [7, 11) is 2.00. The molecule has 15 heavy (non-hydrogen) atoms. The van der Waals surface area contributed by atoms with Gasteiger partial charge in [-0.2, -0.15) is 0 Å². The van der Waals surface area contributed by atoms with Crippen LogP contribution in [0, 0.1) is 6.92 Å². The van der Waals surface area contributed by atoms with Crippen molar-refractivity contribution in [3.8, 4) is 0 Å². The Bertz CT molecular complexity index is 471. The molecule has 2 rings (SSSR count). The third kappa shape index (κ3) is 1.86. The molecule has 0 aliphatic rings. The first-order valence-electron chi connectivity index (χ1n) is 4.98. The molecule has 2 N–H and O–H groups in total. The molecule has 3 heteroatoms. The van der Waals surface area contributed by atoms with Crippen molar-refractivity contribution in [2.75, 3.05) is 5.73 Å². The standard InChI is InChI=1S/C12H15N3/c1-9-10(4-3-5-11(9)13)8-12-14-6-7-15(12)2/h3-7H,8,13H2,1-2H3. The predicted octanol–water partition coefficient (Wildman–Crippen LogP) is 1.90. The normalized spacial score (nSPS) is 10.5. The zero-order valence-electron chi connectivity index (χ0n) is 9.07. The number of benzene rings is 1. The molecule has 1 aromatic carbocycles. The van der Waals surface area contributed by atoms with Crippen molar-refractivity contribution < 1.29 is 0 Å². The molecule has 0 aliphatic heterocycles. The van der Waals surface area contributed by atoms with Gasteiger partial charge in [0.15, 0.2) is 0 Å². The molecule has 1 aromatic heterocycles. The minimum atomic E-state index is 0.834. The second-order valence-corrected chi connectivity index (χ2v) is 3.76. The highest BCUT2D eigenvalue weighted by molar-refractivity contribution is 5.50. The molecule has 0 saturated carbocycles. The summed E-state index contributed by atoms with van der Waals surface area (Å²) in [6, 6.07) is 6.01. The van der Waals surface area contributed by atoms with Gasteiger partial charge in [-0.25, -0.2) is 4.98 Å². The van der Waals surface area contributed by atoms with Crippen molar-refractivity contribution in [1.82, 2.24) is 9.55 Å². The molecule has 0 amide bonds. The maximum Gasteiger partial charge on any atom is 0.112 e. The SMILES string of the molecule is Cc1c(N)cccc1Cc1nccn1C. The summed E-state index contributed by atoms with van der Waals surface area (Å²) in [5.41, 5.74) is 9.10. The van der Waals surface area contributed by atoms with Crippen LogP contribution in [-0.4, -0.2) is 9.55 Å². The van der Waals surface area contributed by atoms with E-state index in [1.807, 2.05) is 43.1 Å². The van der Waals surface area contributed by atoms with Crippen molar-refractivity contribution in [2.45, 2.75) is 13.3 Å². The summed E-state index contributed by atoms with van der Waals surface area (Å²) in [5.74, 6) is 1.06. The van der Waals surface area contributed by atoms with Crippen molar-refractivity contribution in [2.24, 2.45) is 7.05 Å². The molecule has 0 unspecified atom stereocenters. The lowest BCUT2D eigenvalue weighted by Gasteiger charge is -2.08. The zero-order valence-corrected chi connectivity index (χ0v) is 9.07. The van der Waals surface area contributed by atoms with Gasteiger partial charge in [-0.15, -0.1) is 0 Å². The molecule has 0 saturated heterocycles. The van der Waals surface area contributed by atoms with Crippen LogP contribution in [0.1, 0.15) is 17.0 Å². The number of aryl methyl sites for hydroxylation is 1. The van der Waals surface area contributed by atoms with E-state index in [1.165, 1.54) is 5.56 Å². The van der Waals surface area contributed by atoms with E-state index in [0.29, 0.717) is 0 Å². The van der Waals surface area contributed by atoms with E-state index < -0.39 is 0 Å². The summed E-state index contributed by atoms with van der Waals surface area (Å²) in [4.78, 5) is 4.30. The fourth-order valence-corrected chi connectivity index (χ4v) is 1.63. The third-order valence-electron chi connectivity index (χ3n) is 2.76. The molecule has 1 heterocycles. The van der Waals surface area contributed by atoms with Crippen molar-refractivity contribution in [1.29, 1.82) is 0 Å². The molecule has 0 atom stereocenters. The van der Waals surface area contributed by atoms with Crippen LogP contribution in [0.2, 0.25) is 0 Å². The summed E-state index contributed by atoms with van der Waals surface area (Å²) >= 11 is 0. The van der Waals surface area contributed by atoms with Crippen molar-refractivity contribution in [3.63, 3.8) is 0 Å². The van der Waals surface area contributed by atoms with E-state index in [0.717, 1.165) is 23.5 Å². The van der Waals surface area contributed by atoms with Gasteiger partial charge in [0.25, 0.3) is 0 Å². The van der Waals surface area contributed by atoms with Crippen LogP contribution in [0.4, 0.5) is 5.69 Å². The Labute approximate surface area is 89.6 Å². The number of imidazole rings is 1. The van der Waals surface area contributed by atoms with E-state index >= 15 is 0 Å². The minimum Gasteiger partial charge on any atom is -0.399 e. The van der Waals surface area contributed by atoms with Gasteiger partial charge in [-0.3, -0.25) is 0 Å². The first-order chi connectivity index (χ1) is 7.18. The Morgan fingerprint density at radius 3 is 2.87 bits per heavy atom. The van der Waals surface area contributed by atoms with Gasteiger partial charge < -0.3 is 10.3 Å². The van der Waals surface area contributed by atoms with Gasteiger partial charge in [0.1, 0.15) is 5.82 Å². The maximum atomic E-state index is 5.86. The number of hydrogen-bond donors (Lipinski definition) is 1. The van der Waals surface area contributed by atoms with Crippen molar-refractivity contribution in [3.05, 3.63) is 47.5 Å². The van der Waals surface area contributed by atoms with Gasteiger partial charge >= 0.3 is 0 Å². The predicted molar refractivity (Wildman–Crippen MR) is 61.6 cm³/mol. The third-order valence-corrected chi connectivity index (χ3v) is 2.76. The molecule has 78 valence electrons. The first-order valence-corrected chi connectivity index (χ1v) is 4.98. The summed E-state index contributed by atoms with van der Waals surface area (Å²) in [5, 5.41) is 0. The average Bonchev–Trinajstić information content (AvgIpc) is 2.60. The van der Waals surface area contributed by atoms with Gasteiger partial charge in [0.05, 0.1) is 0 Å². The van der Waals surface area contributed by atoms with E-state index in [1.54, 1.807) is 0 Å². The molecule has 3 nitrogen and oxygen atoms in total. The highest BCUT2D eigenvalue weighted by atomic mass is 15.0. The average molecular weight is 201 g/mol. The highest BCUT2D eigenvalue weighted by Gasteiger charge is 2.05. The van der Waals surface area contributed by atoms with Gasteiger partial charge in [-0.1, -0.05) is 12.1 Å². The fraction of sp³-hybridized carbons (Fsp3) is 0.250. The van der Waals surface area contributed by atoms with Crippen LogP contribution >= 0.6 is 0 Å². The molecule has 0 fully saturated rings. The Hall–Kier alpha value is -1.77. The molecular weight excluding hydrogens is 186 g/mol. The van der Waals surface area contributed by atoms with Crippen LogP contribution in [0.15, 0.2) is 30.6 Å². The maximum absolute atomic E-state index is 5.86. The Morgan fingerprint density at radius 1 is 1.40 bits per heavy atom. The van der Waals surface area contributed by atoms with E-state index in [2.05, 4.69) is 11.1 Å². The van der Waals surface area contributed by atoms with Gasteiger partial charge in [0.2, 0.25) is 0 Å². The van der Waals surface area contributed by atoms with Crippen molar-refractivity contribution >= 4 is 5.69 Å². The first kappa shape index (κ1) is 9.77. The Morgan fingerprint density at radius 2 is 2.20 bits per heavy atom. The Balaban J connectivity index is 2.33. The number of nitrogens with two attached hydrogens (primary N) is 1. The van der Waals surface area contributed by atoms with Crippen LogP contribution < -0.4 is 5.73 Å². The number of aromatic nitrogens is 2. The number of rotatable bonds is 2. The van der Waals surface area contributed by atoms with E-state index in [4.69, 9.17) is 5.73 Å². The second-order valence-electron chi connectivity index (χ2n) is 3.76. The lowest BCUT2D eigenvalue weighted by molar-refractivity contribution is 0.820. The van der Waals surface area contributed by atoms with E-state index in [9.17, 15) is 0 Å². The minimum absolute atomic E-state index is 0.834. The molecule has 0 spiro atoms. The van der Waals surface area contributed by atoms with Crippen LogP contribution in [-0.2, 0) is 13.5 Å². The summed E-state index contributed by atoms with van der Waals surface area (Å²) in [6.07, 6.45) is 4.61. The smallest absolute Gasteiger partial charge is 0.112 e. The van der Waals surface area contributed by atoms with Crippen LogP contribution in [0.25, 0.3) is 0 Å². The molecule has 0 aliphatic carbocycles. The lowest BCUT2D eigenvalue weighted by atomic mass is 10.0. The van der Waals surface area contributed by atoms with E-state index in [-0.39, 0.29) is 0 Å². The number of nitrogen functional groups attached to an aromatic ring is 1. The largest absolute Gasteiger partial charge is 0.399 e. The molecule has 0 bridgehead atoms. The molecular formula is C12H15N3. The number of anilines is 1. The Kier molecular flexibility index (Phi) is 2.46. The highest BCUT2D eigenvalue weighted by Crippen LogP contribution is 2.17. The quantitative estimate of drug-likeness (QED) is 0.754.